The van der Waals surface area contributed by atoms with Crippen LogP contribution in [0.25, 0.3) is 5.65 Å². The molecule has 2 N–H and O–H groups in total. The third-order valence-corrected chi connectivity index (χ3v) is 2.90. The molecule has 0 bridgehead atoms. The lowest BCUT2D eigenvalue weighted by Crippen LogP contribution is -2.39. The molecule has 0 fully saturated rings. The van der Waals surface area contributed by atoms with E-state index in [-0.39, 0.29) is 11.6 Å². The summed E-state index contributed by atoms with van der Waals surface area (Å²) in [5.74, 6) is 0.473. The lowest BCUT2D eigenvalue weighted by Gasteiger charge is -2.20. The second kappa shape index (κ2) is 5.09. The summed E-state index contributed by atoms with van der Waals surface area (Å²) in [4.78, 5) is 28.9. The molecule has 102 valence electrons. The van der Waals surface area contributed by atoms with Crippen LogP contribution in [-0.2, 0) is 4.79 Å². The maximum Gasteiger partial charge on any atom is 0.348 e. The van der Waals surface area contributed by atoms with Crippen LogP contribution in [0.1, 0.15) is 13.8 Å². The molecule has 1 atom stereocenters. The number of carbonyl (C=O) groups excluding carboxylic acids is 1. The Hall–Kier alpha value is -2.38. The number of rotatable bonds is 4. The van der Waals surface area contributed by atoms with Gasteiger partial charge in [0.2, 0.25) is 5.91 Å². The molecule has 0 radical (unpaired) electrons. The van der Waals surface area contributed by atoms with E-state index in [1.54, 1.807) is 24.9 Å². The Morgan fingerprint density at radius 2 is 2.37 bits per heavy atom. The Bertz CT molecular complexity index is 646. The van der Waals surface area contributed by atoms with Crippen LogP contribution in [0, 0.1) is 0 Å². The number of hydrogen-bond donors (Lipinski definition) is 2. The van der Waals surface area contributed by atoms with Crippen molar-refractivity contribution in [3.63, 3.8) is 0 Å². The summed E-state index contributed by atoms with van der Waals surface area (Å²) in [6, 6.07) is 1.21. The van der Waals surface area contributed by atoms with Gasteiger partial charge < -0.3 is 10.2 Å². The number of aromatic nitrogens is 4. The molecule has 2 aromatic heterocycles. The Kier molecular flexibility index (Phi) is 3.50. The predicted octanol–water partition coefficient (Wildman–Crippen LogP) is -0.304. The van der Waals surface area contributed by atoms with E-state index < -0.39 is 6.04 Å². The Morgan fingerprint density at radius 3 is 3.05 bits per heavy atom. The summed E-state index contributed by atoms with van der Waals surface area (Å²) >= 11 is 0. The van der Waals surface area contributed by atoms with E-state index in [1.165, 1.54) is 10.7 Å². The fraction of sp³-hybridized carbons (Fsp3) is 0.455. The molecule has 1 unspecified atom stereocenters. The highest BCUT2D eigenvalue weighted by molar-refractivity contribution is 5.83. The number of nitrogens with zero attached hydrogens (tertiary/aromatic N) is 4. The number of nitrogens with one attached hydrogen (secondary N) is 2. The van der Waals surface area contributed by atoms with Gasteiger partial charge in [0.25, 0.3) is 0 Å². The standard InChI is InChI=1S/C11H16N6O2/c1-4-16(3)10(18)7(2)13-8-5-9-14-15-11(19)17(9)6-12-8/h5-7,13H,4H2,1-3H3,(H,15,19). The van der Waals surface area contributed by atoms with Gasteiger partial charge in [0, 0.05) is 19.7 Å². The summed E-state index contributed by atoms with van der Waals surface area (Å²) in [5.41, 5.74) is 0.106. The summed E-state index contributed by atoms with van der Waals surface area (Å²) in [6.07, 6.45) is 1.37. The van der Waals surface area contributed by atoms with Crippen LogP contribution in [0.15, 0.2) is 17.2 Å². The summed E-state index contributed by atoms with van der Waals surface area (Å²) in [6.45, 7) is 4.31. The van der Waals surface area contributed by atoms with Crippen molar-refractivity contribution in [3.05, 3.63) is 22.9 Å². The second-order valence-corrected chi connectivity index (χ2v) is 4.25. The number of amides is 1. The molecule has 0 aliphatic rings. The van der Waals surface area contributed by atoms with Crippen LogP contribution in [-0.4, -0.2) is 50.0 Å². The highest BCUT2D eigenvalue weighted by Gasteiger charge is 2.16. The van der Waals surface area contributed by atoms with Crippen molar-refractivity contribution >= 4 is 17.4 Å². The van der Waals surface area contributed by atoms with Crippen LogP contribution in [0.2, 0.25) is 0 Å². The van der Waals surface area contributed by atoms with Crippen LogP contribution in [0.4, 0.5) is 5.82 Å². The van der Waals surface area contributed by atoms with Crippen LogP contribution >= 0.6 is 0 Å². The van der Waals surface area contributed by atoms with Gasteiger partial charge in [0.15, 0.2) is 5.65 Å². The van der Waals surface area contributed by atoms with Gasteiger partial charge in [-0.25, -0.2) is 19.3 Å². The minimum Gasteiger partial charge on any atom is -0.358 e. The van der Waals surface area contributed by atoms with E-state index in [0.717, 1.165) is 0 Å². The molecule has 0 aromatic carbocycles. The summed E-state index contributed by atoms with van der Waals surface area (Å²) in [7, 11) is 1.74. The smallest absolute Gasteiger partial charge is 0.348 e. The molecule has 0 aliphatic carbocycles. The summed E-state index contributed by atoms with van der Waals surface area (Å²) < 4.78 is 1.29. The number of H-pyrrole nitrogens is 1. The van der Waals surface area contributed by atoms with Crippen LogP contribution in [0.3, 0.4) is 0 Å². The Labute approximate surface area is 109 Å². The van der Waals surface area contributed by atoms with Gasteiger partial charge in [-0.2, -0.15) is 5.10 Å². The molecule has 2 heterocycles. The van der Waals surface area contributed by atoms with E-state index in [0.29, 0.717) is 18.0 Å². The van der Waals surface area contributed by atoms with E-state index in [4.69, 9.17) is 0 Å². The molecule has 0 spiro atoms. The lowest BCUT2D eigenvalue weighted by molar-refractivity contribution is -0.130. The van der Waals surface area contributed by atoms with E-state index in [1.807, 2.05) is 6.92 Å². The van der Waals surface area contributed by atoms with Gasteiger partial charge in [-0.15, -0.1) is 0 Å². The van der Waals surface area contributed by atoms with Gasteiger partial charge in [0.1, 0.15) is 18.2 Å². The minimum atomic E-state index is -0.398. The molecule has 0 aliphatic heterocycles. The van der Waals surface area contributed by atoms with Gasteiger partial charge >= 0.3 is 5.69 Å². The molecular formula is C11H16N6O2. The summed E-state index contributed by atoms with van der Waals surface area (Å²) in [5, 5.41) is 9.14. The van der Waals surface area contributed by atoms with Crippen molar-refractivity contribution < 1.29 is 4.79 Å². The SMILES string of the molecule is CCN(C)C(=O)C(C)Nc1cc2n[nH]c(=O)n2cn1. The Morgan fingerprint density at radius 1 is 1.63 bits per heavy atom. The first kappa shape index (κ1) is 13.1. The third kappa shape index (κ3) is 2.56. The highest BCUT2D eigenvalue weighted by atomic mass is 16.2. The fourth-order valence-electron chi connectivity index (χ4n) is 1.66. The zero-order chi connectivity index (χ0) is 14.0. The first-order valence-electron chi connectivity index (χ1n) is 5.97. The number of fused-ring (bicyclic) bond motifs is 1. The van der Waals surface area contributed by atoms with Gasteiger partial charge in [-0.1, -0.05) is 0 Å². The zero-order valence-corrected chi connectivity index (χ0v) is 11.0. The first-order chi connectivity index (χ1) is 9.02. The van der Waals surface area contributed by atoms with Gasteiger partial charge in [-0.3, -0.25) is 4.79 Å². The van der Waals surface area contributed by atoms with E-state index in [2.05, 4.69) is 20.5 Å². The molecule has 2 aromatic rings. The first-order valence-corrected chi connectivity index (χ1v) is 5.97. The average molecular weight is 264 g/mol. The number of carbonyl (C=O) groups is 1. The maximum atomic E-state index is 11.9. The quantitative estimate of drug-likeness (QED) is 0.790. The monoisotopic (exact) mass is 264 g/mol. The van der Waals surface area contributed by atoms with Crippen molar-refractivity contribution in [2.75, 3.05) is 18.9 Å². The normalized spacial score (nSPS) is 12.4. The van der Waals surface area contributed by atoms with Crippen molar-refractivity contribution in [1.82, 2.24) is 24.5 Å². The highest BCUT2D eigenvalue weighted by Crippen LogP contribution is 2.07. The van der Waals surface area contributed by atoms with Crippen LogP contribution < -0.4 is 11.0 Å². The largest absolute Gasteiger partial charge is 0.358 e. The Balaban J connectivity index is 2.17. The molecule has 0 saturated heterocycles. The number of aromatic amines is 1. The number of hydrogen-bond acceptors (Lipinski definition) is 5. The van der Waals surface area contributed by atoms with Crippen molar-refractivity contribution in [1.29, 1.82) is 0 Å². The number of anilines is 1. The van der Waals surface area contributed by atoms with Crippen molar-refractivity contribution in [2.45, 2.75) is 19.9 Å². The van der Waals surface area contributed by atoms with Crippen molar-refractivity contribution in [2.24, 2.45) is 0 Å². The topological polar surface area (TPSA) is 95.4 Å². The van der Waals surface area contributed by atoms with Crippen molar-refractivity contribution in [3.8, 4) is 0 Å². The molecule has 0 saturated carbocycles. The molecule has 19 heavy (non-hydrogen) atoms. The minimum absolute atomic E-state index is 0.0245. The third-order valence-electron chi connectivity index (χ3n) is 2.90. The van der Waals surface area contributed by atoms with E-state index >= 15 is 0 Å². The predicted molar refractivity (Wildman–Crippen MR) is 70.0 cm³/mol. The molecule has 2 rings (SSSR count). The zero-order valence-electron chi connectivity index (χ0n) is 11.0. The average Bonchev–Trinajstić information content (AvgIpc) is 2.78. The second-order valence-electron chi connectivity index (χ2n) is 4.25. The van der Waals surface area contributed by atoms with Gasteiger partial charge in [0.05, 0.1) is 0 Å². The van der Waals surface area contributed by atoms with E-state index in [9.17, 15) is 9.59 Å². The molecule has 8 nitrogen and oxygen atoms in total. The van der Waals surface area contributed by atoms with Crippen LogP contribution in [0.5, 0.6) is 0 Å². The van der Waals surface area contributed by atoms with Gasteiger partial charge in [-0.05, 0) is 13.8 Å². The molecule has 8 heteroatoms. The molecule has 1 amide bonds. The fourth-order valence-corrected chi connectivity index (χ4v) is 1.66. The lowest BCUT2D eigenvalue weighted by atomic mass is 10.3. The number of likely N-dealkylation sites (N-methyl/N-ethyl adjacent to an activating group) is 1. The molecular weight excluding hydrogens is 248 g/mol. The maximum absolute atomic E-state index is 11.9.